The summed E-state index contributed by atoms with van der Waals surface area (Å²) in [6.07, 6.45) is 2.86. The monoisotopic (exact) mass is 388 g/mol. The van der Waals surface area contributed by atoms with E-state index in [1.165, 1.54) is 6.08 Å². The first-order valence-electron chi connectivity index (χ1n) is 7.15. The van der Waals surface area contributed by atoms with E-state index in [2.05, 4.69) is 15.9 Å². The van der Waals surface area contributed by atoms with Crippen LogP contribution >= 0.6 is 15.9 Å². The number of hydrogen-bond acceptors (Lipinski definition) is 5. The van der Waals surface area contributed by atoms with Gasteiger partial charge in [0.1, 0.15) is 0 Å². The molecule has 2 aromatic rings. The van der Waals surface area contributed by atoms with Crippen LogP contribution in [0.25, 0.3) is 6.08 Å². The third-order valence-electron chi connectivity index (χ3n) is 3.32. The molecule has 1 heterocycles. The highest BCUT2D eigenvalue weighted by atomic mass is 79.9. The van der Waals surface area contributed by atoms with Gasteiger partial charge in [-0.3, -0.25) is 4.79 Å². The van der Waals surface area contributed by atoms with E-state index in [1.807, 2.05) is 0 Å². The topological polar surface area (TPSA) is 61.8 Å². The normalized spacial score (nSPS) is 12.4. The first kappa shape index (κ1) is 16.3. The Balaban J connectivity index is 1.53. The molecule has 24 heavy (non-hydrogen) atoms. The summed E-state index contributed by atoms with van der Waals surface area (Å²) >= 11 is 3.30. The second-order valence-electron chi connectivity index (χ2n) is 4.98. The Hall–Kier alpha value is -2.60. The molecule has 0 unspecified atom stereocenters. The lowest BCUT2D eigenvalue weighted by Gasteiger charge is -2.02. The number of carbonyl (C=O) groups is 2. The minimum Gasteiger partial charge on any atom is -0.454 e. The van der Waals surface area contributed by atoms with Crippen molar-refractivity contribution in [1.29, 1.82) is 0 Å². The van der Waals surface area contributed by atoms with Crippen LogP contribution in [0.4, 0.5) is 0 Å². The third kappa shape index (κ3) is 4.02. The van der Waals surface area contributed by atoms with Gasteiger partial charge in [0.15, 0.2) is 23.9 Å². The number of ether oxygens (including phenoxy) is 3. The molecule has 0 aliphatic carbocycles. The number of carbonyl (C=O) groups excluding carboxylic acids is 2. The van der Waals surface area contributed by atoms with E-state index in [9.17, 15) is 9.59 Å². The van der Waals surface area contributed by atoms with E-state index in [0.29, 0.717) is 17.1 Å². The van der Waals surface area contributed by atoms with E-state index in [1.54, 1.807) is 48.5 Å². The molecule has 2 aromatic carbocycles. The largest absolute Gasteiger partial charge is 0.454 e. The van der Waals surface area contributed by atoms with Crippen LogP contribution < -0.4 is 9.47 Å². The zero-order valence-electron chi connectivity index (χ0n) is 12.5. The molecule has 0 saturated heterocycles. The number of rotatable bonds is 5. The number of ketones is 1. The van der Waals surface area contributed by atoms with Crippen molar-refractivity contribution < 1.29 is 23.8 Å². The Morgan fingerprint density at radius 2 is 1.83 bits per heavy atom. The van der Waals surface area contributed by atoms with Crippen LogP contribution in [0.3, 0.4) is 0 Å². The van der Waals surface area contributed by atoms with Gasteiger partial charge in [-0.15, -0.1) is 0 Å². The Labute approximate surface area is 147 Å². The molecule has 0 bridgehead atoms. The predicted octanol–water partition coefficient (Wildman–Crippen LogP) is 3.62. The number of hydrogen-bond donors (Lipinski definition) is 0. The highest BCUT2D eigenvalue weighted by Crippen LogP contribution is 2.32. The van der Waals surface area contributed by atoms with Gasteiger partial charge < -0.3 is 14.2 Å². The molecule has 0 spiro atoms. The fraction of sp³-hybridized carbons (Fsp3) is 0.111. The Kier molecular flexibility index (Phi) is 4.96. The van der Waals surface area contributed by atoms with E-state index < -0.39 is 5.97 Å². The number of halogens is 1. The van der Waals surface area contributed by atoms with Crippen molar-refractivity contribution >= 4 is 33.8 Å². The van der Waals surface area contributed by atoms with Crippen LogP contribution in [-0.2, 0) is 9.53 Å². The molecule has 0 aromatic heterocycles. The Morgan fingerprint density at radius 3 is 2.62 bits per heavy atom. The van der Waals surface area contributed by atoms with Crippen molar-refractivity contribution in [1.82, 2.24) is 0 Å². The first-order chi connectivity index (χ1) is 11.6. The van der Waals surface area contributed by atoms with Gasteiger partial charge in [-0.25, -0.2) is 4.79 Å². The zero-order valence-corrected chi connectivity index (χ0v) is 14.1. The van der Waals surface area contributed by atoms with Crippen LogP contribution in [0.5, 0.6) is 11.5 Å². The number of benzene rings is 2. The smallest absolute Gasteiger partial charge is 0.331 e. The van der Waals surface area contributed by atoms with Crippen molar-refractivity contribution in [3.8, 4) is 11.5 Å². The SMILES string of the molecule is O=C(C=Cc1ccc2c(c1)OCO2)OCC(=O)c1ccc(Br)cc1. The maximum Gasteiger partial charge on any atom is 0.331 e. The second kappa shape index (κ2) is 7.31. The highest BCUT2D eigenvalue weighted by Gasteiger charge is 2.12. The summed E-state index contributed by atoms with van der Waals surface area (Å²) in [6.45, 7) is -0.103. The van der Waals surface area contributed by atoms with Crippen molar-refractivity contribution in [2.24, 2.45) is 0 Å². The maximum absolute atomic E-state index is 11.9. The second-order valence-corrected chi connectivity index (χ2v) is 5.90. The molecule has 5 nitrogen and oxygen atoms in total. The Bertz CT molecular complexity index is 796. The van der Waals surface area contributed by atoms with Gasteiger partial charge in [0, 0.05) is 16.1 Å². The summed E-state index contributed by atoms with van der Waals surface area (Å²) in [5.74, 6) is 0.469. The zero-order chi connectivity index (χ0) is 16.9. The molecular weight excluding hydrogens is 376 g/mol. The van der Waals surface area contributed by atoms with Crippen LogP contribution in [0.1, 0.15) is 15.9 Å². The van der Waals surface area contributed by atoms with Gasteiger partial charge in [-0.1, -0.05) is 34.1 Å². The molecule has 0 amide bonds. The van der Waals surface area contributed by atoms with Crippen molar-refractivity contribution in [3.63, 3.8) is 0 Å². The lowest BCUT2D eigenvalue weighted by molar-refractivity contribution is -0.136. The predicted molar refractivity (Wildman–Crippen MR) is 91.0 cm³/mol. The fourth-order valence-electron chi connectivity index (χ4n) is 2.08. The number of esters is 1. The summed E-state index contributed by atoms with van der Waals surface area (Å²) < 4.78 is 16.3. The van der Waals surface area contributed by atoms with Crippen molar-refractivity contribution in [3.05, 3.63) is 64.1 Å². The minimum absolute atomic E-state index is 0.197. The van der Waals surface area contributed by atoms with Gasteiger partial charge in [-0.2, -0.15) is 0 Å². The molecule has 122 valence electrons. The molecule has 0 fully saturated rings. The summed E-state index contributed by atoms with van der Waals surface area (Å²) in [5.41, 5.74) is 1.26. The van der Waals surface area contributed by atoms with E-state index >= 15 is 0 Å². The van der Waals surface area contributed by atoms with E-state index in [-0.39, 0.29) is 19.2 Å². The molecule has 0 saturated carbocycles. The van der Waals surface area contributed by atoms with Gasteiger partial charge in [-0.05, 0) is 35.9 Å². The fourth-order valence-corrected chi connectivity index (χ4v) is 2.35. The lowest BCUT2D eigenvalue weighted by atomic mass is 10.1. The number of Topliss-reactive ketones (excluding diaryl/α,β-unsaturated/α-hetero) is 1. The van der Waals surface area contributed by atoms with Gasteiger partial charge >= 0.3 is 5.97 Å². The highest BCUT2D eigenvalue weighted by molar-refractivity contribution is 9.10. The van der Waals surface area contributed by atoms with Gasteiger partial charge in [0.25, 0.3) is 0 Å². The molecule has 1 aliphatic rings. The molecule has 0 radical (unpaired) electrons. The molecule has 0 atom stereocenters. The summed E-state index contributed by atoms with van der Waals surface area (Å²) in [4.78, 5) is 23.6. The average molecular weight is 389 g/mol. The quantitative estimate of drug-likeness (QED) is 0.444. The minimum atomic E-state index is -0.585. The van der Waals surface area contributed by atoms with Crippen LogP contribution in [0, 0.1) is 0 Å². The maximum atomic E-state index is 11.9. The average Bonchev–Trinajstić information content (AvgIpc) is 3.06. The summed E-state index contributed by atoms with van der Waals surface area (Å²) in [7, 11) is 0. The summed E-state index contributed by atoms with van der Waals surface area (Å²) in [5, 5.41) is 0. The Morgan fingerprint density at radius 1 is 1.08 bits per heavy atom. The van der Waals surface area contributed by atoms with Crippen LogP contribution in [0.15, 0.2) is 53.0 Å². The van der Waals surface area contributed by atoms with Gasteiger partial charge in [0.05, 0.1) is 0 Å². The van der Waals surface area contributed by atoms with Crippen molar-refractivity contribution in [2.75, 3.05) is 13.4 Å². The molecule has 0 N–H and O–H groups in total. The lowest BCUT2D eigenvalue weighted by Crippen LogP contribution is -2.12. The number of fused-ring (bicyclic) bond motifs is 1. The molecule has 6 heteroatoms. The first-order valence-corrected chi connectivity index (χ1v) is 7.94. The standard InChI is InChI=1S/C18H13BrO5/c19-14-5-3-13(4-6-14)15(20)10-22-18(21)8-2-12-1-7-16-17(9-12)24-11-23-16/h1-9H,10-11H2. The molecule has 3 rings (SSSR count). The van der Waals surface area contributed by atoms with E-state index in [4.69, 9.17) is 14.2 Å². The van der Waals surface area contributed by atoms with E-state index in [0.717, 1.165) is 10.0 Å². The summed E-state index contributed by atoms with van der Waals surface area (Å²) in [6, 6.07) is 12.2. The van der Waals surface area contributed by atoms with Crippen molar-refractivity contribution in [2.45, 2.75) is 0 Å². The third-order valence-corrected chi connectivity index (χ3v) is 3.85. The van der Waals surface area contributed by atoms with Crippen LogP contribution in [0.2, 0.25) is 0 Å². The molecular formula is C18H13BrO5. The van der Waals surface area contributed by atoms with Gasteiger partial charge in [0.2, 0.25) is 6.79 Å². The van der Waals surface area contributed by atoms with Crippen LogP contribution in [-0.4, -0.2) is 25.2 Å². The molecule has 1 aliphatic heterocycles.